The monoisotopic (exact) mass is 345 g/mol. The minimum Gasteiger partial charge on any atom is -0.495 e. The average molecular weight is 346 g/mol. The standard InChI is InChI=1S/C14H19N3O3S.ClH/c1-20-13-9-11(10-15)4-5-14(13)21(18,19)17-8-6-12-3-2-7-16-12;/h4-5,9,12,16-17H,2-3,6-8H2,1H3;1H/t12-;/m1./s1. The number of sulfonamides is 1. The van der Waals surface area contributed by atoms with Crippen molar-refractivity contribution in [2.75, 3.05) is 20.2 Å². The van der Waals surface area contributed by atoms with Gasteiger partial charge in [-0.3, -0.25) is 0 Å². The highest BCUT2D eigenvalue weighted by atomic mass is 35.5. The molecule has 1 aromatic rings. The molecule has 2 N–H and O–H groups in total. The van der Waals surface area contributed by atoms with E-state index in [-0.39, 0.29) is 23.1 Å². The fourth-order valence-corrected chi connectivity index (χ4v) is 3.60. The van der Waals surface area contributed by atoms with Crippen LogP contribution in [0.4, 0.5) is 0 Å². The van der Waals surface area contributed by atoms with Crippen LogP contribution in [0.15, 0.2) is 23.1 Å². The Kier molecular flexibility index (Phi) is 7.10. The third-order valence-electron chi connectivity index (χ3n) is 3.53. The first-order chi connectivity index (χ1) is 10.1. The fraction of sp³-hybridized carbons (Fsp3) is 0.500. The molecular weight excluding hydrogens is 326 g/mol. The molecule has 1 fully saturated rings. The summed E-state index contributed by atoms with van der Waals surface area (Å²) in [5.74, 6) is 0.181. The van der Waals surface area contributed by atoms with Gasteiger partial charge in [0.1, 0.15) is 10.6 Å². The number of hydrogen-bond donors (Lipinski definition) is 2. The molecule has 0 radical (unpaired) electrons. The number of nitriles is 1. The Morgan fingerprint density at radius 3 is 2.86 bits per heavy atom. The van der Waals surface area contributed by atoms with Crippen molar-refractivity contribution in [1.29, 1.82) is 5.26 Å². The smallest absolute Gasteiger partial charge is 0.244 e. The van der Waals surface area contributed by atoms with E-state index in [9.17, 15) is 8.42 Å². The van der Waals surface area contributed by atoms with Gasteiger partial charge in [0.05, 0.1) is 18.7 Å². The molecule has 0 aromatic heterocycles. The molecule has 0 amide bonds. The summed E-state index contributed by atoms with van der Waals surface area (Å²) in [6.07, 6.45) is 2.99. The largest absolute Gasteiger partial charge is 0.495 e. The predicted molar refractivity (Wildman–Crippen MR) is 85.8 cm³/mol. The van der Waals surface area contributed by atoms with E-state index in [0.29, 0.717) is 18.2 Å². The lowest BCUT2D eigenvalue weighted by Gasteiger charge is -2.13. The molecule has 0 spiro atoms. The summed E-state index contributed by atoms with van der Waals surface area (Å²) in [5, 5.41) is 12.2. The van der Waals surface area contributed by atoms with Crippen molar-refractivity contribution in [3.63, 3.8) is 0 Å². The second-order valence-electron chi connectivity index (χ2n) is 4.96. The Bertz CT molecular complexity index is 637. The van der Waals surface area contributed by atoms with Crippen molar-refractivity contribution in [1.82, 2.24) is 10.0 Å². The van der Waals surface area contributed by atoms with E-state index < -0.39 is 10.0 Å². The quantitative estimate of drug-likeness (QED) is 0.813. The van der Waals surface area contributed by atoms with Crippen molar-refractivity contribution >= 4 is 22.4 Å². The van der Waals surface area contributed by atoms with Gasteiger partial charge in [-0.25, -0.2) is 13.1 Å². The van der Waals surface area contributed by atoms with Gasteiger partial charge < -0.3 is 10.1 Å². The zero-order valence-electron chi connectivity index (χ0n) is 12.3. The van der Waals surface area contributed by atoms with Gasteiger partial charge in [0.15, 0.2) is 0 Å². The van der Waals surface area contributed by atoms with Crippen LogP contribution in [0.5, 0.6) is 5.75 Å². The second kappa shape index (κ2) is 8.34. The molecule has 1 aliphatic rings. The van der Waals surface area contributed by atoms with E-state index in [2.05, 4.69) is 10.0 Å². The second-order valence-corrected chi connectivity index (χ2v) is 6.69. The van der Waals surface area contributed by atoms with E-state index in [0.717, 1.165) is 25.8 Å². The fourth-order valence-electron chi connectivity index (χ4n) is 2.41. The Morgan fingerprint density at radius 2 is 2.27 bits per heavy atom. The van der Waals surface area contributed by atoms with Crippen LogP contribution >= 0.6 is 12.4 Å². The number of ether oxygens (including phenoxy) is 1. The van der Waals surface area contributed by atoms with Crippen LogP contribution < -0.4 is 14.8 Å². The minimum absolute atomic E-state index is 0. The van der Waals surface area contributed by atoms with Crippen LogP contribution in [0.1, 0.15) is 24.8 Å². The summed E-state index contributed by atoms with van der Waals surface area (Å²) >= 11 is 0. The SMILES string of the molecule is COc1cc(C#N)ccc1S(=O)(=O)NCC[C@H]1CCCN1.Cl. The summed E-state index contributed by atoms with van der Waals surface area (Å²) in [6.45, 7) is 1.38. The third kappa shape index (κ3) is 4.58. The van der Waals surface area contributed by atoms with Crippen LogP contribution in [0.2, 0.25) is 0 Å². The van der Waals surface area contributed by atoms with Gasteiger partial charge in [-0.2, -0.15) is 5.26 Å². The number of halogens is 1. The Hall–Kier alpha value is -1.33. The Morgan fingerprint density at radius 1 is 1.50 bits per heavy atom. The van der Waals surface area contributed by atoms with E-state index in [1.165, 1.54) is 25.3 Å². The van der Waals surface area contributed by atoms with Gasteiger partial charge >= 0.3 is 0 Å². The number of rotatable bonds is 6. The van der Waals surface area contributed by atoms with Gasteiger partial charge in [-0.1, -0.05) is 0 Å². The zero-order chi connectivity index (χ0) is 15.3. The van der Waals surface area contributed by atoms with E-state index >= 15 is 0 Å². The lowest BCUT2D eigenvalue weighted by atomic mass is 10.2. The van der Waals surface area contributed by atoms with Crippen molar-refractivity contribution in [3.05, 3.63) is 23.8 Å². The van der Waals surface area contributed by atoms with Gasteiger partial charge in [0, 0.05) is 12.6 Å². The predicted octanol–water partition coefficient (Wildman–Crippen LogP) is 1.41. The topological polar surface area (TPSA) is 91.2 Å². The normalized spacial score (nSPS) is 17.5. The molecule has 122 valence electrons. The number of nitrogens with zero attached hydrogens (tertiary/aromatic N) is 1. The zero-order valence-corrected chi connectivity index (χ0v) is 14.0. The Labute approximate surface area is 137 Å². The maximum absolute atomic E-state index is 12.3. The van der Waals surface area contributed by atoms with Gasteiger partial charge in [0.25, 0.3) is 0 Å². The molecule has 0 unspecified atom stereocenters. The molecule has 2 rings (SSSR count). The maximum atomic E-state index is 12.3. The van der Waals surface area contributed by atoms with Gasteiger partial charge in [-0.15, -0.1) is 12.4 Å². The summed E-state index contributed by atoms with van der Waals surface area (Å²) in [6, 6.07) is 6.63. The molecule has 0 saturated carbocycles. The highest BCUT2D eigenvalue weighted by Crippen LogP contribution is 2.24. The Balaban J connectivity index is 0.00000242. The van der Waals surface area contributed by atoms with Crippen molar-refractivity contribution < 1.29 is 13.2 Å². The molecule has 6 nitrogen and oxygen atoms in total. The molecule has 0 bridgehead atoms. The van der Waals surface area contributed by atoms with Crippen LogP contribution in [0.25, 0.3) is 0 Å². The van der Waals surface area contributed by atoms with Crippen LogP contribution in [0.3, 0.4) is 0 Å². The van der Waals surface area contributed by atoms with Crippen LogP contribution in [0, 0.1) is 11.3 Å². The molecule has 1 aliphatic heterocycles. The summed E-state index contributed by atoms with van der Waals surface area (Å²) in [5.41, 5.74) is 0.362. The van der Waals surface area contributed by atoms with Crippen molar-refractivity contribution in [2.24, 2.45) is 0 Å². The molecular formula is C14H20ClN3O3S. The first-order valence-electron chi connectivity index (χ1n) is 6.88. The van der Waals surface area contributed by atoms with Gasteiger partial charge in [0.2, 0.25) is 10.0 Å². The third-order valence-corrected chi connectivity index (χ3v) is 5.03. The first kappa shape index (κ1) is 18.7. The minimum atomic E-state index is -3.63. The maximum Gasteiger partial charge on any atom is 0.244 e. The number of nitrogens with one attached hydrogen (secondary N) is 2. The van der Waals surface area contributed by atoms with Crippen molar-refractivity contribution in [2.45, 2.75) is 30.2 Å². The van der Waals surface area contributed by atoms with Gasteiger partial charge in [-0.05, 0) is 44.0 Å². The van der Waals surface area contributed by atoms with Crippen molar-refractivity contribution in [3.8, 4) is 11.8 Å². The van der Waals surface area contributed by atoms with Crippen LogP contribution in [-0.4, -0.2) is 34.7 Å². The van der Waals surface area contributed by atoms with Crippen LogP contribution in [-0.2, 0) is 10.0 Å². The molecule has 0 aliphatic carbocycles. The first-order valence-corrected chi connectivity index (χ1v) is 8.36. The lowest BCUT2D eigenvalue weighted by molar-refractivity contribution is 0.402. The molecule has 22 heavy (non-hydrogen) atoms. The molecule has 1 saturated heterocycles. The lowest BCUT2D eigenvalue weighted by Crippen LogP contribution is -2.30. The summed E-state index contributed by atoms with van der Waals surface area (Å²) in [7, 11) is -2.25. The molecule has 8 heteroatoms. The average Bonchev–Trinajstić information content (AvgIpc) is 2.99. The van der Waals surface area contributed by atoms with E-state index in [4.69, 9.17) is 10.00 Å². The number of benzene rings is 1. The van der Waals surface area contributed by atoms with E-state index in [1.807, 2.05) is 6.07 Å². The molecule has 1 aromatic carbocycles. The number of methoxy groups -OCH3 is 1. The summed E-state index contributed by atoms with van der Waals surface area (Å²) < 4.78 is 32.2. The van der Waals surface area contributed by atoms with E-state index in [1.54, 1.807) is 0 Å². The highest BCUT2D eigenvalue weighted by molar-refractivity contribution is 7.89. The number of hydrogen-bond acceptors (Lipinski definition) is 5. The molecule has 1 atom stereocenters. The highest BCUT2D eigenvalue weighted by Gasteiger charge is 2.21. The summed E-state index contributed by atoms with van der Waals surface area (Å²) in [4.78, 5) is 0.0587. The molecule has 1 heterocycles.